The van der Waals surface area contributed by atoms with Crippen LogP contribution in [0.25, 0.3) is 0 Å². The molecule has 0 aliphatic carbocycles. The Kier molecular flexibility index (Phi) is 6.34. The Balaban J connectivity index is 2.54. The second kappa shape index (κ2) is 7.76. The summed E-state index contributed by atoms with van der Waals surface area (Å²) in [6, 6.07) is 7.91. The van der Waals surface area contributed by atoms with Crippen LogP contribution < -0.4 is 15.8 Å². The van der Waals surface area contributed by atoms with Gasteiger partial charge < -0.3 is 21.0 Å². The van der Waals surface area contributed by atoms with E-state index < -0.39 is 0 Å². The molecule has 0 saturated heterocycles. The number of nitrogens with zero attached hydrogens (tertiary/aromatic N) is 1. The Morgan fingerprint density at radius 1 is 1.48 bits per heavy atom. The highest BCUT2D eigenvalue weighted by Crippen LogP contribution is 2.22. The van der Waals surface area contributed by atoms with Gasteiger partial charge in [0.05, 0.1) is 6.10 Å². The van der Waals surface area contributed by atoms with Crippen molar-refractivity contribution in [1.82, 2.24) is 0 Å². The molecule has 5 heteroatoms. The van der Waals surface area contributed by atoms with E-state index in [9.17, 15) is 0 Å². The molecular weight excluding hydrogens is 266 g/mol. The number of ether oxygens (including phenoxy) is 1. The molecule has 1 atom stereocenters. The van der Waals surface area contributed by atoms with Crippen molar-refractivity contribution in [3.63, 3.8) is 0 Å². The van der Waals surface area contributed by atoms with Crippen LogP contribution >= 0.6 is 0 Å². The van der Waals surface area contributed by atoms with E-state index in [0.29, 0.717) is 0 Å². The van der Waals surface area contributed by atoms with Gasteiger partial charge in [0.2, 0.25) is 0 Å². The van der Waals surface area contributed by atoms with E-state index in [4.69, 9.17) is 15.7 Å². The van der Waals surface area contributed by atoms with E-state index >= 15 is 0 Å². The molecule has 118 valence electrons. The summed E-state index contributed by atoms with van der Waals surface area (Å²) in [5, 5.41) is 15.2. The lowest BCUT2D eigenvalue weighted by Gasteiger charge is -2.23. The van der Waals surface area contributed by atoms with Gasteiger partial charge in [-0.3, -0.25) is 0 Å². The SMILES string of the molecule is CCC(C)Oc1cccc(NCCC(C)(C)C(N)=NO)c1. The molecule has 5 nitrogen and oxygen atoms in total. The monoisotopic (exact) mass is 293 g/mol. The smallest absolute Gasteiger partial charge is 0.144 e. The number of oxime groups is 1. The number of amidine groups is 1. The van der Waals surface area contributed by atoms with Gasteiger partial charge in [0.25, 0.3) is 0 Å². The third kappa shape index (κ3) is 5.53. The normalized spacial score (nSPS) is 13.8. The van der Waals surface area contributed by atoms with E-state index in [1.807, 2.05) is 38.1 Å². The van der Waals surface area contributed by atoms with Crippen molar-refractivity contribution in [3.8, 4) is 5.75 Å². The van der Waals surface area contributed by atoms with Gasteiger partial charge in [-0.1, -0.05) is 32.0 Å². The number of hydrogen-bond acceptors (Lipinski definition) is 4. The largest absolute Gasteiger partial charge is 0.491 e. The summed E-state index contributed by atoms with van der Waals surface area (Å²) in [4.78, 5) is 0. The zero-order chi connectivity index (χ0) is 15.9. The highest BCUT2D eigenvalue weighted by atomic mass is 16.5. The summed E-state index contributed by atoms with van der Waals surface area (Å²) in [5.41, 5.74) is 6.34. The average molecular weight is 293 g/mol. The number of rotatable bonds is 8. The molecule has 1 rings (SSSR count). The van der Waals surface area contributed by atoms with Crippen LogP contribution in [-0.2, 0) is 0 Å². The van der Waals surface area contributed by atoms with E-state index in [-0.39, 0.29) is 17.4 Å². The molecule has 0 aliphatic rings. The molecule has 0 aromatic heterocycles. The summed E-state index contributed by atoms with van der Waals surface area (Å²) in [7, 11) is 0. The molecule has 1 aromatic rings. The topological polar surface area (TPSA) is 79.9 Å². The summed E-state index contributed by atoms with van der Waals surface area (Å²) in [6.45, 7) is 8.79. The van der Waals surface area contributed by atoms with E-state index in [1.165, 1.54) is 0 Å². The quantitative estimate of drug-likeness (QED) is 0.297. The molecule has 0 spiro atoms. The van der Waals surface area contributed by atoms with Crippen LogP contribution in [0.4, 0.5) is 5.69 Å². The molecule has 1 unspecified atom stereocenters. The minimum atomic E-state index is -0.341. The maximum absolute atomic E-state index is 8.76. The third-order valence-corrected chi connectivity index (χ3v) is 3.63. The molecule has 21 heavy (non-hydrogen) atoms. The molecule has 0 aliphatic heterocycles. The molecule has 1 aromatic carbocycles. The zero-order valence-electron chi connectivity index (χ0n) is 13.4. The van der Waals surface area contributed by atoms with Crippen molar-refractivity contribution in [2.75, 3.05) is 11.9 Å². The Morgan fingerprint density at radius 3 is 2.81 bits per heavy atom. The first-order valence-corrected chi connectivity index (χ1v) is 7.37. The van der Waals surface area contributed by atoms with Gasteiger partial charge >= 0.3 is 0 Å². The minimum Gasteiger partial charge on any atom is -0.491 e. The molecule has 0 saturated carbocycles. The van der Waals surface area contributed by atoms with Gasteiger partial charge in [-0.2, -0.15) is 0 Å². The number of nitrogens with one attached hydrogen (secondary N) is 1. The molecular formula is C16H27N3O2. The predicted octanol–water partition coefficient (Wildman–Crippen LogP) is 3.44. The molecule has 0 bridgehead atoms. The fourth-order valence-corrected chi connectivity index (χ4v) is 1.78. The Hall–Kier alpha value is -1.91. The molecule has 0 radical (unpaired) electrons. The zero-order valence-corrected chi connectivity index (χ0v) is 13.4. The number of benzene rings is 1. The van der Waals surface area contributed by atoms with Gasteiger partial charge in [0, 0.05) is 23.7 Å². The highest BCUT2D eigenvalue weighted by Gasteiger charge is 2.22. The van der Waals surface area contributed by atoms with Crippen LogP contribution in [0.1, 0.15) is 40.5 Å². The van der Waals surface area contributed by atoms with Crippen LogP contribution in [0.15, 0.2) is 29.4 Å². The van der Waals surface area contributed by atoms with E-state index in [1.54, 1.807) is 0 Å². The Labute approximate surface area is 127 Å². The van der Waals surface area contributed by atoms with Crippen molar-refractivity contribution in [2.24, 2.45) is 16.3 Å². The van der Waals surface area contributed by atoms with E-state index in [0.717, 1.165) is 30.8 Å². The van der Waals surface area contributed by atoms with Crippen molar-refractivity contribution >= 4 is 11.5 Å². The van der Waals surface area contributed by atoms with Gasteiger partial charge in [-0.05, 0) is 31.9 Å². The van der Waals surface area contributed by atoms with Gasteiger partial charge in [0.1, 0.15) is 11.6 Å². The first kappa shape index (κ1) is 17.1. The summed E-state index contributed by atoms with van der Waals surface area (Å²) in [5.74, 6) is 1.11. The van der Waals surface area contributed by atoms with Gasteiger partial charge in [-0.15, -0.1) is 0 Å². The lowest BCUT2D eigenvalue weighted by Crippen LogP contribution is -2.33. The summed E-state index contributed by atoms with van der Waals surface area (Å²) in [6.07, 6.45) is 1.95. The second-order valence-electron chi connectivity index (χ2n) is 5.91. The number of hydrogen-bond donors (Lipinski definition) is 3. The van der Waals surface area contributed by atoms with Crippen molar-refractivity contribution in [3.05, 3.63) is 24.3 Å². The van der Waals surface area contributed by atoms with Crippen LogP contribution in [0.5, 0.6) is 5.75 Å². The minimum absolute atomic E-state index is 0.208. The maximum atomic E-state index is 8.76. The van der Waals surface area contributed by atoms with Gasteiger partial charge in [-0.25, -0.2) is 0 Å². The van der Waals surface area contributed by atoms with Crippen LogP contribution in [0.2, 0.25) is 0 Å². The third-order valence-electron chi connectivity index (χ3n) is 3.63. The maximum Gasteiger partial charge on any atom is 0.144 e. The van der Waals surface area contributed by atoms with Crippen molar-refractivity contribution in [2.45, 2.75) is 46.6 Å². The molecule has 0 heterocycles. The summed E-state index contributed by atoms with van der Waals surface area (Å²) < 4.78 is 5.79. The molecule has 0 amide bonds. The second-order valence-corrected chi connectivity index (χ2v) is 5.91. The first-order valence-electron chi connectivity index (χ1n) is 7.37. The highest BCUT2D eigenvalue weighted by molar-refractivity contribution is 5.85. The number of anilines is 1. The standard InChI is InChI=1S/C16H27N3O2/c1-5-12(2)21-14-8-6-7-13(11-14)18-10-9-16(3,4)15(17)19-20/h6-8,11-12,18,20H,5,9-10H2,1-4H3,(H2,17,19). The fraction of sp³-hybridized carbons (Fsp3) is 0.562. The first-order chi connectivity index (χ1) is 9.89. The molecule has 0 fully saturated rings. The Morgan fingerprint density at radius 2 is 2.19 bits per heavy atom. The lowest BCUT2D eigenvalue weighted by molar-refractivity contribution is 0.217. The van der Waals surface area contributed by atoms with Crippen LogP contribution in [-0.4, -0.2) is 23.7 Å². The van der Waals surface area contributed by atoms with Crippen molar-refractivity contribution < 1.29 is 9.94 Å². The van der Waals surface area contributed by atoms with Crippen LogP contribution in [0, 0.1) is 5.41 Å². The van der Waals surface area contributed by atoms with E-state index in [2.05, 4.69) is 24.3 Å². The fourth-order valence-electron chi connectivity index (χ4n) is 1.78. The van der Waals surface area contributed by atoms with Crippen molar-refractivity contribution in [1.29, 1.82) is 0 Å². The van der Waals surface area contributed by atoms with Crippen LogP contribution in [0.3, 0.4) is 0 Å². The average Bonchev–Trinajstić information content (AvgIpc) is 2.46. The lowest BCUT2D eigenvalue weighted by atomic mass is 9.88. The van der Waals surface area contributed by atoms with Gasteiger partial charge in [0.15, 0.2) is 0 Å². The predicted molar refractivity (Wildman–Crippen MR) is 87.1 cm³/mol. The number of nitrogens with two attached hydrogens (primary N) is 1. The summed E-state index contributed by atoms with van der Waals surface area (Å²) >= 11 is 0. The Bertz CT molecular complexity index is 472. The molecule has 4 N–H and O–H groups in total.